The number of hydrazine groups is 1. The lowest BCUT2D eigenvalue weighted by Crippen LogP contribution is -2.45. The Balaban J connectivity index is 2.36. The molecule has 94 valence electrons. The van der Waals surface area contributed by atoms with Crippen LogP contribution in [0.4, 0.5) is 0 Å². The molecule has 1 fully saturated rings. The van der Waals surface area contributed by atoms with Crippen molar-refractivity contribution in [2.24, 2.45) is 10.8 Å². The Bertz CT molecular complexity index is 220. The highest BCUT2D eigenvalue weighted by Crippen LogP contribution is 2.11. The second-order valence-corrected chi connectivity index (χ2v) is 4.72. The van der Waals surface area contributed by atoms with Crippen LogP contribution in [0.2, 0.25) is 0 Å². The van der Waals surface area contributed by atoms with Crippen LogP contribution in [0.25, 0.3) is 0 Å². The highest BCUT2D eigenvalue weighted by Gasteiger charge is 2.17. The van der Waals surface area contributed by atoms with E-state index in [1.165, 1.54) is 25.9 Å². The number of aliphatic imine (C=N–C) groups is 1. The van der Waals surface area contributed by atoms with E-state index in [1.54, 1.807) is 0 Å². The van der Waals surface area contributed by atoms with Crippen molar-refractivity contribution in [1.29, 1.82) is 0 Å². The Labute approximate surface area is 98.4 Å². The quantitative estimate of drug-likeness (QED) is 0.279. The molecule has 0 radical (unpaired) electrons. The molecule has 0 bridgehead atoms. The average Bonchev–Trinajstić information content (AvgIpc) is 2.76. The molecule has 0 aromatic heterocycles. The third-order valence-corrected chi connectivity index (χ3v) is 2.84. The second kappa shape index (κ2) is 6.70. The molecule has 0 saturated carbocycles. The Morgan fingerprint density at radius 2 is 1.94 bits per heavy atom. The highest BCUT2D eigenvalue weighted by molar-refractivity contribution is 5.79. The SMILES string of the molecule is CC(C)NC(=NCC(C)N1CCCC1)NN. The lowest BCUT2D eigenvalue weighted by molar-refractivity contribution is 0.265. The topological polar surface area (TPSA) is 65.7 Å². The Kier molecular flexibility index (Phi) is 5.55. The molecule has 4 N–H and O–H groups in total. The normalized spacial score (nSPS) is 20.2. The van der Waals surface area contributed by atoms with Gasteiger partial charge in [-0.05, 0) is 46.7 Å². The Morgan fingerprint density at radius 1 is 1.31 bits per heavy atom. The predicted molar refractivity (Wildman–Crippen MR) is 68.2 cm³/mol. The number of rotatable bonds is 4. The van der Waals surface area contributed by atoms with Crippen molar-refractivity contribution in [3.63, 3.8) is 0 Å². The minimum Gasteiger partial charge on any atom is -0.353 e. The molecule has 0 aliphatic carbocycles. The molecule has 1 atom stereocenters. The maximum absolute atomic E-state index is 5.40. The van der Waals surface area contributed by atoms with Crippen molar-refractivity contribution in [3.8, 4) is 0 Å². The average molecular weight is 227 g/mol. The molecule has 5 nitrogen and oxygen atoms in total. The third-order valence-electron chi connectivity index (χ3n) is 2.84. The van der Waals surface area contributed by atoms with E-state index in [-0.39, 0.29) is 0 Å². The Morgan fingerprint density at radius 3 is 2.44 bits per heavy atom. The first-order valence-electron chi connectivity index (χ1n) is 6.15. The molecule has 0 aromatic carbocycles. The van der Waals surface area contributed by atoms with E-state index in [1.807, 2.05) is 0 Å². The van der Waals surface area contributed by atoms with Gasteiger partial charge >= 0.3 is 0 Å². The highest BCUT2D eigenvalue weighted by atomic mass is 15.3. The molecule has 1 aliphatic heterocycles. The van der Waals surface area contributed by atoms with Gasteiger partial charge in [0, 0.05) is 12.1 Å². The zero-order valence-corrected chi connectivity index (χ0v) is 10.7. The molecule has 0 amide bonds. The zero-order chi connectivity index (χ0) is 12.0. The van der Waals surface area contributed by atoms with Crippen LogP contribution in [0.3, 0.4) is 0 Å². The first kappa shape index (κ1) is 13.3. The van der Waals surface area contributed by atoms with Crippen molar-refractivity contribution >= 4 is 5.96 Å². The summed E-state index contributed by atoms with van der Waals surface area (Å²) in [4.78, 5) is 6.93. The van der Waals surface area contributed by atoms with Gasteiger partial charge in [-0.3, -0.25) is 15.3 Å². The molecule has 1 heterocycles. The van der Waals surface area contributed by atoms with E-state index in [0.29, 0.717) is 18.0 Å². The molecule has 0 spiro atoms. The van der Waals surface area contributed by atoms with Gasteiger partial charge in [0.15, 0.2) is 0 Å². The summed E-state index contributed by atoms with van der Waals surface area (Å²) in [5.74, 6) is 6.09. The van der Waals surface area contributed by atoms with Crippen LogP contribution in [-0.2, 0) is 0 Å². The van der Waals surface area contributed by atoms with Crippen molar-refractivity contribution in [2.45, 2.75) is 45.7 Å². The maximum Gasteiger partial charge on any atom is 0.205 e. The number of likely N-dealkylation sites (tertiary alicyclic amines) is 1. The van der Waals surface area contributed by atoms with Crippen LogP contribution >= 0.6 is 0 Å². The smallest absolute Gasteiger partial charge is 0.205 e. The zero-order valence-electron chi connectivity index (χ0n) is 10.7. The van der Waals surface area contributed by atoms with Crippen molar-refractivity contribution in [3.05, 3.63) is 0 Å². The molecule has 1 unspecified atom stereocenters. The van der Waals surface area contributed by atoms with Crippen LogP contribution in [0, 0.1) is 0 Å². The minimum atomic E-state index is 0.344. The predicted octanol–water partition coefficient (Wildman–Crippen LogP) is 0.288. The van der Waals surface area contributed by atoms with Gasteiger partial charge in [-0.15, -0.1) is 0 Å². The monoisotopic (exact) mass is 227 g/mol. The van der Waals surface area contributed by atoms with Gasteiger partial charge in [0.05, 0.1) is 6.54 Å². The fourth-order valence-electron chi connectivity index (χ4n) is 1.93. The van der Waals surface area contributed by atoms with Gasteiger partial charge in [0.25, 0.3) is 0 Å². The van der Waals surface area contributed by atoms with Crippen molar-refractivity contribution in [1.82, 2.24) is 15.6 Å². The summed E-state index contributed by atoms with van der Waals surface area (Å²) < 4.78 is 0. The van der Waals surface area contributed by atoms with Gasteiger partial charge in [-0.2, -0.15) is 0 Å². The van der Waals surface area contributed by atoms with E-state index in [4.69, 9.17) is 5.84 Å². The molecule has 1 saturated heterocycles. The first-order chi connectivity index (χ1) is 7.63. The van der Waals surface area contributed by atoms with Gasteiger partial charge < -0.3 is 5.32 Å². The molecular formula is C11H25N5. The van der Waals surface area contributed by atoms with Crippen molar-refractivity contribution < 1.29 is 0 Å². The summed E-state index contributed by atoms with van der Waals surface area (Å²) in [5.41, 5.74) is 2.60. The van der Waals surface area contributed by atoms with E-state index in [2.05, 4.69) is 41.4 Å². The number of nitrogens with one attached hydrogen (secondary N) is 2. The third kappa shape index (κ3) is 4.37. The summed E-state index contributed by atoms with van der Waals surface area (Å²) in [5, 5.41) is 3.17. The van der Waals surface area contributed by atoms with Crippen LogP contribution in [0.15, 0.2) is 4.99 Å². The first-order valence-corrected chi connectivity index (χ1v) is 6.15. The number of hydrogen-bond acceptors (Lipinski definition) is 3. The molecule has 1 rings (SSSR count). The fourth-order valence-corrected chi connectivity index (χ4v) is 1.93. The van der Waals surface area contributed by atoms with Gasteiger partial charge in [0.1, 0.15) is 0 Å². The largest absolute Gasteiger partial charge is 0.353 e. The van der Waals surface area contributed by atoms with Gasteiger partial charge in [-0.25, -0.2) is 5.84 Å². The van der Waals surface area contributed by atoms with E-state index in [9.17, 15) is 0 Å². The standard InChI is InChI=1S/C11H25N5/c1-9(2)14-11(15-12)13-8-10(3)16-6-4-5-7-16/h9-10H,4-8,12H2,1-3H3,(H2,13,14,15). The van der Waals surface area contributed by atoms with E-state index < -0.39 is 0 Å². The molecule has 16 heavy (non-hydrogen) atoms. The summed E-state index contributed by atoms with van der Waals surface area (Å²) >= 11 is 0. The van der Waals surface area contributed by atoms with Gasteiger partial charge in [0.2, 0.25) is 5.96 Å². The maximum atomic E-state index is 5.40. The fraction of sp³-hybridized carbons (Fsp3) is 0.909. The van der Waals surface area contributed by atoms with Crippen LogP contribution in [-0.4, -0.2) is 42.6 Å². The lowest BCUT2D eigenvalue weighted by Gasteiger charge is -2.22. The molecule has 1 aliphatic rings. The van der Waals surface area contributed by atoms with Crippen LogP contribution in [0.1, 0.15) is 33.6 Å². The number of hydrogen-bond donors (Lipinski definition) is 3. The molecule has 5 heteroatoms. The molecular weight excluding hydrogens is 202 g/mol. The van der Waals surface area contributed by atoms with Crippen LogP contribution < -0.4 is 16.6 Å². The van der Waals surface area contributed by atoms with Crippen molar-refractivity contribution in [2.75, 3.05) is 19.6 Å². The molecule has 0 aromatic rings. The van der Waals surface area contributed by atoms with E-state index >= 15 is 0 Å². The summed E-state index contributed by atoms with van der Waals surface area (Å²) in [7, 11) is 0. The van der Waals surface area contributed by atoms with E-state index in [0.717, 1.165) is 6.54 Å². The van der Waals surface area contributed by atoms with Crippen LogP contribution in [0.5, 0.6) is 0 Å². The number of nitrogens with zero attached hydrogens (tertiary/aromatic N) is 2. The number of guanidine groups is 1. The minimum absolute atomic E-state index is 0.344. The summed E-state index contributed by atoms with van der Waals surface area (Å²) in [6.45, 7) is 9.56. The lowest BCUT2D eigenvalue weighted by atomic mass is 10.3. The second-order valence-electron chi connectivity index (χ2n) is 4.72. The Hall–Kier alpha value is -0.810. The number of nitrogens with two attached hydrogens (primary N) is 1. The van der Waals surface area contributed by atoms with Gasteiger partial charge in [-0.1, -0.05) is 0 Å². The summed E-state index contributed by atoms with van der Waals surface area (Å²) in [6.07, 6.45) is 2.64. The summed E-state index contributed by atoms with van der Waals surface area (Å²) in [6, 6.07) is 0.844.